The van der Waals surface area contributed by atoms with E-state index in [0.29, 0.717) is 23.1 Å². The van der Waals surface area contributed by atoms with Gasteiger partial charge in [0.2, 0.25) is 5.88 Å². The van der Waals surface area contributed by atoms with Crippen molar-refractivity contribution in [1.29, 1.82) is 0 Å². The Morgan fingerprint density at radius 2 is 1.91 bits per heavy atom. The highest BCUT2D eigenvalue weighted by Crippen LogP contribution is 2.55. The number of aryl methyl sites for hydroxylation is 2. The second kappa shape index (κ2) is 6.87. The van der Waals surface area contributed by atoms with Gasteiger partial charge in [0.15, 0.2) is 0 Å². The largest absolute Gasteiger partial charge is 0.493 e. The van der Waals surface area contributed by atoms with Gasteiger partial charge in [-0.2, -0.15) is 9.78 Å². The van der Waals surface area contributed by atoms with E-state index in [1.807, 2.05) is 50.2 Å². The first-order valence-electron chi connectivity index (χ1n) is 11.0. The number of fused-ring (bicyclic) bond motifs is 7. The van der Waals surface area contributed by atoms with E-state index in [1.54, 1.807) is 4.68 Å². The number of aromatic nitrogens is 2. The Hall–Kier alpha value is -3.25. The average Bonchev–Trinajstić information content (AvgIpc) is 3.08. The zero-order chi connectivity index (χ0) is 23.1. The topological polar surface area (TPSA) is 66.5 Å². The van der Waals surface area contributed by atoms with Gasteiger partial charge >= 0.3 is 5.63 Å². The fraction of sp³-hybridized carbons (Fsp3) is 0.308. The lowest BCUT2D eigenvalue weighted by atomic mass is 9.70. The van der Waals surface area contributed by atoms with Gasteiger partial charge in [-0.3, -0.25) is 0 Å². The number of hydrogen-bond acceptors (Lipinski definition) is 5. The van der Waals surface area contributed by atoms with Crippen molar-refractivity contribution in [3.8, 4) is 17.3 Å². The molecule has 2 aliphatic rings. The Kier molecular flexibility index (Phi) is 4.24. The van der Waals surface area contributed by atoms with Crippen molar-refractivity contribution in [1.82, 2.24) is 9.78 Å². The summed E-state index contributed by atoms with van der Waals surface area (Å²) in [7, 11) is 0. The van der Waals surface area contributed by atoms with Crippen molar-refractivity contribution in [2.45, 2.75) is 39.2 Å². The third kappa shape index (κ3) is 2.86. The van der Waals surface area contributed by atoms with E-state index in [1.165, 1.54) is 6.07 Å². The summed E-state index contributed by atoms with van der Waals surface area (Å²) in [6.07, 6.45) is 0. The lowest BCUT2D eigenvalue weighted by molar-refractivity contribution is -0.0184. The molecule has 0 saturated carbocycles. The highest BCUT2D eigenvalue weighted by molar-refractivity contribution is 6.32. The van der Waals surface area contributed by atoms with Crippen molar-refractivity contribution < 1.29 is 13.9 Å². The summed E-state index contributed by atoms with van der Waals surface area (Å²) in [5.41, 5.74) is 3.96. The van der Waals surface area contributed by atoms with Gasteiger partial charge in [-0.25, -0.2) is 4.79 Å². The summed E-state index contributed by atoms with van der Waals surface area (Å²) in [6.45, 7) is 8.52. The number of benzene rings is 2. The van der Waals surface area contributed by atoms with Crippen molar-refractivity contribution in [3.63, 3.8) is 0 Å². The molecule has 6 rings (SSSR count). The number of hydrogen-bond donors (Lipinski definition) is 0. The molecular formula is C26H23ClN2O4. The van der Waals surface area contributed by atoms with Gasteiger partial charge in [-0.1, -0.05) is 23.7 Å². The monoisotopic (exact) mass is 462 g/mol. The van der Waals surface area contributed by atoms with Crippen molar-refractivity contribution in [2.24, 2.45) is 5.92 Å². The summed E-state index contributed by atoms with van der Waals surface area (Å²) >= 11 is 6.53. The molecule has 168 valence electrons. The number of nitrogens with zero attached hydrogens (tertiary/aromatic N) is 2. The van der Waals surface area contributed by atoms with Crippen LogP contribution in [0.15, 0.2) is 51.7 Å². The predicted octanol–water partition coefficient (Wildman–Crippen LogP) is 5.56. The molecule has 0 radical (unpaired) electrons. The lowest BCUT2D eigenvalue weighted by Crippen LogP contribution is -2.49. The van der Waals surface area contributed by atoms with Crippen LogP contribution in [0.4, 0.5) is 0 Å². The molecule has 4 aromatic rings. The number of halogens is 1. The first-order valence-corrected chi connectivity index (χ1v) is 11.4. The smallest absolute Gasteiger partial charge is 0.336 e. The number of para-hydroxylation sites is 1. The van der Waals surface area contributed by atoms with Gasteiger partial charge < -0.3 is 13.9 Å². The third-order valence-corrected chi connectivity index (χ3v) is 7.28. The summed E-state index contributed by atoms with van der Waals surface area (Å²) in [6, 6.07) is 13.0. The standard InChI is InChI=1S/C26H23ClN2O4/c1-13-11-20(30)32-24-15(13)9-10-19-23(24)22-16(12-31-19)26(3,4)33-25-21(22)14(2)28-29(25)18-8-6-5-7-17(18)27/h5-11,16,22H,12H2,1-4H3. The molecule has 2 aliphatic heterocycles. The van der Waals surface area contributed by atoms with Gasteiger partial charge in [-0.05, 0) is 57.5 Å². The molecule has 33 heavy (non-hydrogen) atoms. The number of ether oxygens (including phenoxy) is 2. The van der Waals surface area contributed by atoms with E-state index in [0.717, 1.165) is 39.2 Å². The van der Waals surface area contributed by atoms with Gasteiger partial charge in [0.25, 0.3) is 0 Å². The molecule has 2 atom stereocenters. The minimum absolute atomic E-state index is 0.00323. The SMILES string of the molecule is Cc1nn(-c2ccccc2Cl)c2c1C1c3c(ccc4c(C)cc(=O)oc34)OCC1C(C)(C)O2. The Bertz CT molecular complexity index is 1500. The molecule has 0 bridgehead atoms. The summed E-state index contributed by atoms with van der Waals surface area (Å²) in [5, 5.41) is 6.33. The molecule has 2 aromatic heterocycles. The highest BCUT2D eigenvalue weighted by atomic mass is 35.5. The van der Waals surface area contributed by atoms with Crippen LogP contribution in [0.5, 0.6) is 11.6 Å². The summed E-state index contributed by atoms with van der Waals surface area (Å²) < 4.78 is 20.4. The molecule has 0 spiro atoms. The molecule has 2 unspecified atom stereocenters. The van der Waals surface area contributed by atoms with E-state index in [2.05, 4.69) is 13.8 Å². The van der Waals surface area contributed by atoms with Crippen molar-refractivity contribution >= 4 is 22.6 Å². The van der Waals surface area contributed by atoms with E-state index in [4.69, 9.17) is 30.6 Å². The second-order valence-electron chi connectivity index (χ2n) is 9.37. The maximum atomic E-state index is 12.4. The van der Waals surface area contributed by atoms with Crippen LogP contribution in [0.1, 0.15) is 42.1 Å². The summed E-state index contributed by atoms with van der Waals surface area (Å²) in [5.74, 6) is 1.27. The first kappa shape index (κ1) is 20.4. The Morgan fingerprint density at radius 3 is 2.70 bits per heavy atom. The second-order valence-corrected chi connectivity index (χ2v) is 9.78. The average molecular weight is 463 g/mol. The van der Waals surface area contributed by atoms with Crippen LogP contribution >= 0.6 is 11.6 Å². The minimum atomic E-state index is -0.562. The molecule has 6 nitrogen and oxygen atoms in total. The highest BCUT2D eigenvalue weighted by Gasteiger charge is 2.51. The van der Waals surface area contributed by atoms with E-state index in [-0.39, 0.29) is 17.5 Å². The molecule has 7 heteroatoms. The molecule has 0 amide bonds. The minimum Gasteiger partial charge on any atom is -0.493 e. The molecule has 0 N–H and O–H groups in total. The van der Waals surface area contributed by atoms with Gasteiger partial charge in [0, 0.05) is 34.4 Å². The van der Waals surface area contributed by atoms with Gasteiger partial charge in [0.05, 0.1) is 23.0 Å². The van der Waals surface area contributed by atoms with E-state index in [9.17, 15) is 4.79 Å². The fourth-order valence-corrected chi connectivity index (χ4v) is 5.53. The molecule has 0 aliphatic carbocycles. The Labute approximate surface area is 195 Å². The molecule has 2 aromatic carbocycles. The molecule has 0 fully saturated rings. The maximum Gasteiger partial charge on any atom is 0.336 e. The van der Waals surface area contributed by atoms with E-state index >= 15 is 0 Å². The van der Waals surface area contributed by atoms with Crippen LogP contribution in [0, 0.1) is 19.8 Å². The van der Waals surface area contributed by atoms with Crippen LogP contribution in [0.2, 0.25) is 5.02 Å². The normalized spacial score (nSPS) is 20.4. The van der Waals surface area contributed by atoms with Crippen molar-refractivity contribution in [3.05, 3.63) is 80.3 Å². The Balaban J connectivity index is 1.69. The van der Waals surface area contributed by atoms with Crippen molar-refractivity contribution in [2.75, 3.05) is 6.61 Å². The quantitative estimate of drug-likeness (QED) is 0.346. The van der Waals surface area contributed by atoms with E-state index < -0.39 is 5.60 Å². The Morgan fingerprint density at radius 1 is 1.12 bits per heavy atom. The number of rotatable bonds is 1. The first-order chi connectivity index (χ1) is 15.8. The van der Waals surface area contributed by atoms with Gasteiger partial charge in [-0.15, -0.1) is 0 Å². The van der Waals surface area contributed by atoms with Crippen LogP contribution < -0.4 is 15.1 Å². The van der Waals surface area contributed by atoms with Crippen LogP contribution in [-0.4, -0.2) is 22.0 Å². The maximum absolute atomic E-state index is 12.4. The molecular weight excluding hydrogens is 440 g/mol. The zero-order valence-electron chi connectivity index (χ0n) is 18.8. The zero-order valence-corrected chi connectivity index (χ0v) is 19.6. The van der Waals surface area contributed by atoms with Crippen LogP contribution in [0.3, 0.4) is 0 Å². The fourth-order valence-electron chi connectivity index (χ4n) is 5.32. The lowest BCUT2D eigenvalue weighted by Gasteiger charge is -2.46. The van der Waals surface area contributed by atoms with Gasteiger partial charge in [0.1, 0.15) is 16.9 Å². The predicted molar refractivity (Wildman–Crippen MR) is 126 cm³/mol. The van der Waals surface area contributed by atoms with Crippen LogP contribution in [-0.2, 0) is 0 Å². The molecule has 0 saturated heterocycles. The molecule has 4 heterocycles. The third-order valence-electron chi connectivity index (χ3n) is 6.96. The van der Waals surface area contributed by atoms with Crippen LogP contribution in [0.25, 0.3) is 16.7 Å². The summed E-state index contributed by atoms with van der Waals surface area (Å²) in [4.78, 5) is 12.4.